The Labute approximate surface area is 115 Å². The minimum atomic E-state index is -0.348. The molecule has 20 heavy (non-hydrogen) atoms. The molecule has 0 unspecified atom stereocenters. The smallest absolute Gasteiger partial charge is 0.295 e. The highest BCUT2D eigenvalue weighted by Gasteiger charge is 2.14. The molecule has 0 aliphatic rings. The van der Waals surface area contributed by atoms with Gasteiger partial charge < -0.3 is 5.32 Å². The van der Waals surface area contributed by atoms with E-state index in [9.17, 15) is 4.79 Å². The molecule has 0 radical (unpaired) electrons. The molecule has 0 fully saturated rings. The monoisotopic (exact) mass is 267 g/mol. The van der Waals surface area contributed by atoms with E-state index in [1.807, 2.05) is 44.2 Å². The molecular weight excluding hydrogens is 254 g/mol. The number of amides is 1. The number of carbonyl (C=O) groups is 1. The van der Waals surface area contributed by atoms with Gasteiger partial charge in [-0.05, 0) is 32.0 Å². The van der Waals surface area contributed by atoms with Crippen LogP contribution in [0.25, 0.3) is 5.78 Å². The standard InChI is InChI=1S/C14H13N5O/c1-9-3-5-11(6-4-9)16-13(20)12-17-14-15-8-7-10(2)19(14)18-12/h3-8H,1-2H3,(H,16,20). The molecule has 0 saturated heterocycles. The van der Waals surface area contributed by atoms with Gasteiger partial charge in [-0.1, -0.05) is 17.7 Å². The van der Waals surface area contributed by atoms with Crippen LogP contribution < -0.4 is 5.32 Å². The summed E-state index contributed by atoms with van der Waals surface area (Å²) in [7, 11) is 0. The summed E-state index contributed by atoms with van der Waals surface area (Å²) < 4.78 is 1.55. The van der Waals surface area contributed by atoms with E-state index < -0.39 is 0 Å². The number of hydrogen-bond acceptors (Lipinski definition) is 4. The van der Waals surface area contributed by atoms with Gasteiger partial charge in [0.1, 0.15) is 0 Å². The molecule has 2 heterocycles. The molecule has 1 aromatic carbocycles. The Morgan fingerprint density at radius 1 is 1.15 bits per heavy atom. The van der Waals surface area contributed by atoms with Crippen LogP contribution in [0.2, 0.25) is 0 Å². The van der Waals surface area contributed by atoms with Crippen LogP contribution in [-0.2, 0) is 0 Å². The molecule has 2 aromatic heterocycles. The number of anilines is 1. The van der Waals surface area contributed by atoms with Crippen LogP contribution >= 0.6 is 0 Å². The highest BCUT2D eigenvalue weighted by Crippen LogP contribution is 2.10. The second kappa shape index (κ2) is 4.73. The van der Waals surface area contributed by atoms with Crippen molar-refractivity contribution in [3.8, 4) is 0 Å². The molecule has 1 N–H and O–H groups in total. The third-order valence-corrected chi connectivity index (χ3v) is 2.94. The lowest BCUT2D eigenvalue weighted by atomic mass is 10.2. The van der Waals surface area contributed by atoms with Crippen molar-refractivity contribution in [2.75, 3.05) is 5.32 Å². The van der Waals surface area contributed by atoms with Crippen LogP contribution in [0.15, 0.2) is 36.5 Å². The van der Waals surface area contributed by atoms with E-state index in [4.69, 9.17) is 0 Å². The average Bonchev–Trinajstić information content (AvgIpc) is 2.87. The minimum absolute atomic E-state index is 0.104. The molecule has 0 bridgehead atoms. The lowest BCUT2D eigenvalue weighted by molar-refractivity contribution is 0.101. The molecule has 3 rings (SSSR count). The van der Waals surface area contributed by atoms with Gasteiger partial charge in [0.15, 0.2) is 0 Å². The van der Waals surface area contributed by atoms with Gasteiger partial charge in [0.25, 0.3) is 11.7 Å². The van der Waals surface area contributed by atoms with Gasteiger partial charge in [-0.25, -0.2) is 9.50 Å². The summed E-state index contributed by atoms with van der Waals surface area (Å²) in [6.07, 6.45) is 1.64. The first-order chi connectivity index (χ1) is 9.63. The highest BCUT2D eigenvalue weighted by atomic mass is 16.2. The number of hydrogen-bond donors (Lipinski definition) is 1. The second-order valence-corrected chi connectivity index (χ2v) is 4.55. The van der Waals surface area contributed by atoms with Crippen molar-refractivity contribution in [1.29, 1.82) is 0 Å². The first kappa shape index (κ1) is 12.3. The van der Waals surface area contributed by atoms with E-state index in [0.717, 1.165) is 11.3 Å². The van der Waals surface area contributed by atoms with Crippen molar-refractivity contribution in [3.05, 3.63) is 53.6 Å². The van der Waals surface area contributed by atoms with E-state index in [-0.39, 0.29) is 11.7 Å². The largest absolute Gasteiger partial charge is 0.319 e. The fourth-order valence-corrected chi connectivity index (χ4v) is 1.83. The van der Waals surface area contributed by atoms with Crippen molar-refractivity contribution in [1.82, 2.24) is 19.6 Å². The van der Waals surface area contributed by atoms with Gasteiger partial charge in [0.05, 0.1) is 0 Å². The maximum Gasteiger partial charge on any atom is 0.295 e. The zero-order valence-corrected chi connectivity index (χ0v) is 11.2. The van der Waals surface area contributed by atoms with Gasteiger partial charge in [-0.3, -0.25) is 4.79 Å². The summed E-state index contributed by atoms with van der Waals surface area (Å²) in [6.45, 7) is 3.87. The predicted molar refractivity (Wildman–Crippen MR) is 74.7 cm³/mol. The van der Waals surface area contributed by atoms with Crippen LogP contribution in [0.3, 0.4) is 0 Å². The van der Waals surface area contributed by atoms with Crippen LogP contribution in [0.5, 0.6) is 0 Å². The Balaban J connectivity index is 1.89. The van der Waals surface area contributed by atoms with Gasteiger partial charge in [-0.15, -0.1) is 5.10 Å². The normalized spacial score (nSPS) is 10.7. The lowest BCUT2D eigenvalue weighted by Gasteiger charge is -2.02. The topological polar surface area (TPSA) is 72.2 Å². The zero-order valence-electron chi connectivity index (χ0n) is 11.2. The summed E-state index contributed by atoms with van der Waals surface area (Å²) in [4.78, 5) is 20.3. The third-order valence-electron chi connectivity index (χ3n) is 2.94. The summed E-state index contributed by atoms with van der Waals surface area (Å²) in [5.74, 6) is 0.171. The number of aryl methyl sites for hydroxylation is 2. The maximum atomic E-state index is 12.1. The Morgan fingerprint density at radius 3 is 2.60 bits per heavy atom. The summed E-state index contributed by atoms with van der Waals surface area (Å²) in [6, 6.07) is 9.35. The molecule has 0 aliphatic heterocycles. The molecule has 0 spiro atoms. The average molecular weight is 267 g/mol. The number of nitrogens with one attached hydrogen (secondary N) is 1. The fraction of sp³-hybridized carbons (Fsp3) is 0.143. The van der Waals surface area contributed by atoms with Crippen molar-refractivity contribution < 1.29 is 4.79 Å². The molecule has 100 valence electrons. The predicted octanol–water partition coefficient (Wildman–Crippen LogP) is 1.99. The van der Waals surface area contributed by atoms with Gasteiger partial charge in [0.2, 0.25) is 5.82 Å². The van der Waals surface area contributed by atoms with Crippen molar-refractivity contribution in [2.24, 2.45) is 0 Å². The molecule has 0 atom stereocenters. The minimum Gasteiger partial charge on any atom is -0.319 e. The van der Waals surface area contributed by atoms with Crippen molar-refractivity contribution in [2.45, 2.75) is 13.8 Å². The van der Waals surface area contributed by atoms with Crippen LogP contribution in [0.4, 0.5) is 5.69 Å². The van der Waals surface area contributed by atoms with E-state index in [2.05, 4.69) is 20.4 Å². The van der Waals surface area contributed by atoms with Crippen molar-refractivity contribution >= 4 is 17.4 Å². The van der Waals surface area contributed by atoms with E-state index in [1.165, 1.54) is 0 Å². The highest BCUT2D eigenvalue weighted by molar-refractivity contribution is 6.01. The van der Waals surface area contributed by atoms with E-state index in [0.29, 0.717) is 11.5 Å². The third kappa shape index (κ3) is 2.23. The van der Waals surface area contributed by atoms with Crippen LogP contribution in [-0.4, -0.2) is 25.5 Å². The second-order valence-electron chi connectivity index (χ2n) is 4.55. The number of fused-ring (bicyclic) bond motifs is 1. The molecular formula is C14H13N5O. The lowest BCUT2D eigenvalue weighted by Crippen LogP contribution is -2.14. The number of benzene rings is 1. The van der Waals surface area contributed by atoms with Gasteiger partial charge >= 0.3 is 0 Å². The molecule has 0 aliphatic carbocycles. The summed E-state index contributed by atoms with van der Waals surface area (Å²) in [5, 5.41) is 6.92. The molecule has 0 saturated carbocycles. The van der Waals surface area contributed by atoms with Gasteiger partial charge in [-0.2, -0.15) is 4.98 Å². The molecule has 6 heteroatoms. The molecule has 1 amide bonds. The van der Waals surface area contributed by atoms with Crippen molar-refractivity contribution in [3.63, 3.8) is 0 Å². The first-order valence-electron chi connectivity index (χ1n) is 6.20. The SMILES string of the molecule is Cc1ccc(NC(=O)c2nc3nccc(C)n3n2)cc1. The van der Waals surface area contributed by atoms with E-state index in [1.54, 1.807) is 10.7 Å². The fourth-order valence-electron chi connectivity index (χ4n) is 1.83. The Morgan fingerprint density at radius 2 is 1.90 bits per heavy atom. The van der Waals surface area contributed by atoms with Gasteiger partial charge in [0, 0.05) is 17.6 Å². The Kier molecular flexibility index (Phi) is 2.90. The van der Waals surface area contributed by atoms with E-state index >= 15 is 0 Å². The molecule has 3 aromatic rings. The first-order valence-corrected chi connectivity index (χ1v) is 6.20. The van der Waals surface area contributed by atoms with Crippen LogP contribution in [0.1, 0.15) is 21.9 Å². The molecule has 6 nitrogen and oxygen atoms in total. The summed E-state index contributed by atoms with van der Waals surface area (Å²) in [5.41, 5.74) is 2.72. The zero-order chi connectivity index (χ0) is 14.1. The summed E-state index contributed by atoms with van der Waals surface area (Å²) >= 11 is 0. The Bertz CT molecular complexity index is 776. The maximum absolute atomic E-state index is 12.1. The number of carbonyl (C=O) groups excluding carboxylic acids is 1. The quantitative estimate of drug-likeness (QED) is 0.770. The number of aromatic nitrogens is 4. The number of nitrogens with zero attached hydrogens (tertiary/aromatic N) is 4. The number of rotatable bonds is 2. The van der Waals surface area contributed by atoms with Crippen LogP contribution in [0, 0.1) is 13.8 Å². The Hall–Kier alpha value is -2.76.